The SMILES string of the molecule is CN=C(NCCCCN1C(=O)c2ccccc2C1=O)N1CCN(Cc2ccon2)CC1.I. The normalized spacial score (nSPS) is 16.8. The van der Waals surface area contributed by atoms with Gasteiger partial charge in [0, 0.05) is 58.9 Å². The van der Waals surface area contributed by atoms with Crippen LogP contribution in [0.3, 0.4) is 0 Å². The molecule has 0 spiro atoms. The zero-order valence-corrected chi connectivity index (χ0v) is 20.5. The predicted octanol–water partition coefficient (Wildman–Crippen LogP) is 2.06. The van der Waals surface area contributed by atoms with Gasteiger partial charge in [0.2, 0.25) is 0 Å². The van der Waals surface area contributed by atoms with Crippen LogP contribution in [-0.2, 0) is 6.54 Å². The molecule has 0 radical (unpaired) electrons. The Balaban J connectivity index is 0.00000289. The van der Waals surface area contributed by atoms with Crippen molar-refractivity contribution in [2.75, 3.05) is 46.3 Å². The maximum absolute atomic E-state index is 12.4. The smallest absolute Gasteiger partial charge is 0.261 e. The van der Waals surface area contributed by atoms with Crippen molar-refractivity contribution in [1.29, 1.82) is 0 Å². The van der Waals surface area contributed by atoms with E-state index >= 15 is 0 Å². The number of fused-ring (bicyclic) bond motifs is 1. The monoisotopic (exact) mass is 552 g/mol. The highest BCUT2D eigenvalue weighted by atomic mass is 127. The summed E-state index contributed by atoms with van der Waals surface area (Å²) in [5, 5.41) is 7.38. The number of aromatic nitrogens is 1. The van der Waals surface area contributed by atoms with Crippen molar-refractivity contribution in [1.82, 2.24) is 25.2 Å². The van der Waals surface area contributed by atoms with E-state index in [1.165, 1.54) is 4.90 Å². The molecule has 0 bridgehead atoms. The molecule has 2 amide bonds. The second-order valence-electron chi connectivity index (χ2n) is 7.74. The van der Waals surface area contributed by atoms with Gasteiger partial charge in [-0.15, -0.1) is 24.0 Å². The average molecular weight is 552 g/mol. The summed E-state index contributed by atoms with van der Waals surface area (Å²) in [6, 6.07) is 8.91. The second kappa shape index (κ2) is 11.4. The number of amides is 2. The number of carbonyl (C=O) groups excluding carboxylic acids is 2. The average Bonchev–Trinajstić information content (AvgIpc) is 3.39. The van der Waals surface area contributed by atoms with Gasteiger partial charge >= 0.3 is 0 Å². The summed E-state index contributed by atoms with van der Waals surface area (Å²) in [6.07, 6.45) is 3.20. The van der Waals surface area contributed by atoms with Crippen LogP contribution in [0.2, 0.25) is 0 Å². The van der Waals surface area contributed by atoms with Crippen molar-refractivity contribution in [3.63, 3.8) is 0 Å². The molecule has 0 saturated carbocycles. The number of halogens is 1. The second-order valence-corrected chi connectivity index (χ2v) is 7.74. The number of nitrogens with one attached hydrogen (secondary N) is 1. The fourth-order valence-electron chi connectivity index (χ4n) is 4.04. The molecule has 0 aliphatic carbocycles. The van der Waals surface area contributed by atoms with Crippen molar-refractivity contribution in [2.45, 2.75) is 19.4 Å². The van der Waals surface area contributed by atoms with E-state index < -0.39 is 0 Å². The van der Waals surface area contributed by atoms with Crippen LogP contribution in [-0.4, -0.2) is 83.9 Å². The van der Waals surface area contributed by atoms with Gasteiger partial charge in [-0.2, -0.15) is 0 Å². The maximum Gasteiger partial charge on any atom is 0.261 e. The molecule has 1 aromatic carbocycles. The molecule has 32 heavy (non-hydrogen) atoms. The first-order valence-electron chi connectivity index (χ1n) is 10.7. The molecule has 10 heteroatoms. The first-order valence-corrected chi connectivity index (χ1v) is 10.7. The van der Waals surface area contributed by atoms with E-state index in [0.29, 0.717) is 17.7 Å². The van der Waals surface area contributed by atoms with Gasteiger partial charge in [0.25, 0.3) is 11.8 Å². The van der Waals surface area contributed by atoms with E-state index in [1.807, 2.05) is 6.07 Å². The van der Waals surface area contributed by atoms with E-state index in [9.17, 15) is 9.59 Å². The van der Waals surface area contributed by atoms with Gasteiger partial charge in [0.05, 0.1) is 16.8 Å². The van der Waals surface area contributed by atoms with Gasteiger partial charge in [-0.05, 0) is 25.0 Å². The lowest BCUT2D eigenvalue weighted by Gasteiger charge is -2.36. The van der Waals surface area contributed by atoms with Gasteiger partial charge in [-0.3, -0.25) is 24.4 Å². The fraction of sp³-hybridized carbons (Fsp3) is 0.455. The molecular formula is C22H29IN6O3. The topological polar surface area (TPSA) is 94.3 Å². The number of unbranched alkanes of at least 4 members (excludes halogenated alkanes) is 1. The van der Waals surface area contributed by atoms with Crippen LogP contribution in [0, 0.1) is 0 Å². The minimum atomic E-state index is -0.187. The van der Waals surface area contributed by atoms with Crippen molar-refractivity contribution < 1.29 is 14.1 Å². The quantitative estimate of drug-likeness (QED) is 0.185. The summed E-state index contributed by atoms with van der Waals surface area (Å²) < 4.78 is 4.90. The fourth-order valence-corrected chi connectivity index (χ4v) is 4.04. The van der Waals surface area contributed by atoms with Gasteiger partial charge < -0.3 is 14.7 Å². The Labute approximate surface area is 204 Å². The molecule has 9 nitrogen and oxygen atoms in total. The van der Waals surface area contributed by atoms with Gasteiger partial charge in [0.15, 0.2) is 5.96 Å². The lowest BCUT2D eigenvalue weighted by molar-refractivity contribution is 0.0651. The van der Waals surface area contributed by atoms with E-state index in [4.69, 9.17) is 4.52 Å². The number of benzene rings is 1. The molecule has 2 aliphatic rings. The highest BCUT2D eigenvalue weighted by Gasteiger charge is 2.34. The predicted molar refractivity (Wildman–Crippen MR) is 131 cm³/mol. The Hall–Kier alpha value is -2.47. The molecule has 4 rings (SSSR count). The Kier molecular flexibility index (Phi) is 8.62. The first kappa shape index (κ1) is 24.2. The van der Waals surface area contributed by atoms with Crippen LogP contribution in [0.25, 0.3) is 0 Å². The Bertz CT molecular complexity index is 906. The highest BCUT2D eigenvalue weighted by molar-refractivity contribution is 14.0. The van der Waals surface area contributed by atoms with Gasteiger partial charge in [-0.25, -0.2) is 0 Å². The van der Waals surface area contributed by atoms with E-state index in [1.54, 1.807) is 37.6 Å². The third-order valence-electron chi connectivity index (χ3n) is 5.73. The minimum absolute atomic E-state index is 0. The highest BCUT2D eigenvalue weighted by Crippen LogP contribution is 2.22. The minimum Gasteiger partial charge on any atom is -0.364 e. The molecule has 1 fully saturated rings. The lowest BCUT2D eigenvalue weighted by Crippen LogP contribution is -2.52. The van der Waals surface area contributed by atoms with Crippen LogP contribution in [0.15, 0.2) is 46.1 Å². The van der Waals surface area contributed by atoms with Crippen molar-refractivity contribution >= 4 is 41.8 Å². The first-order chi connectivity index (χ1) is 15.2. The van der Waals surface area contributed by atoms with Crippen LogP contribution >= 0.6 is 24.0 Å². The molecule has 1 saturated heterocycles. The lowest BCUT2D eigenvalue weighted by atomic mass is 10.1. The molecule has 0 unspecified atom stereocenters. The Morgan fingerprint density at radius 1 is 1.06 bits per heavy atom. The molecule has 172 valence electrons. The summed E-state index contributed by atoms with van der Waals surface area (Å²) in [4.78, 5) is 35.2. The van der Waals surface area contributed by atoms with Crippen LogP contribution in [0.1, 0.15) is 39.3 Å². The number of guanidine groups is 1. The summed E-state index contributed by atoms with van der Waals surface area (Å²) in [6.45, 7) is 5.65. The zero-order valence-electron chi connectivity index (χ0n) is 18.2. The van der Waals surface area contributed by atoms with Crippen molar-refractivity contribution in [3.05, 3.63) is 53.4 Å². The zero-order chi connectivity index (χ0) is 21.6. The van der Waals surface area contributed by atoms with Gasteiger partial charge in [0.1, 0.15) is 6.26 Å². The van der Waals surface area contributed by atoms with Crippen LogP contribution in [0.5, 0.6) is 0 Å². The largest absolute Gasteiger partial charge is 0.364 e. The van der Waals surface area contributed by atoms with E-state index in [2.05, 4.69) is 25.3 Å². The number of hydrogen-bond acceptors (Lipinski definition) is 6. The molecule has 1 N–H and O–H groups in total. The molecule has 0 atom stereocenters. The third kappa shape index (κ3) is 5.47. The number of imide groups is 1. The van der Waals surface area contributed by atoms with Crippen LogP contribution in [0.4, 0.5) is 0 Å². The molecule has 3 heterocycles. The Morgan fingerprint density at radius 2 is 1.75 bits per heavy atom. The molecule has 2 aliphatic heterocycles. The van der Waals surface area contributed by atoms with E-state index in [0.717, 1.165) is 63.8 Å². The summed E-state index contributed by atoms with van der Waals surface area (Å²) >= 11 is 0. The number of piperazine rings is 1. The summed E-state index contributed by atoms with van der Waals surface area (Å²) in [5.74, 6) is 0.516. The third-order valence-corrected chi connectivity index (χ3v) is 5.73. The summed E-state index contributed by atoms with van der Waals surface area (Å²) in [7, 11) is 1.79. The standard InChI is InChI=1S/C22H28N6O3.HI/c1-23-22(27-13-11-26(12-14-27)16-17-8-15-31-25-17)24-9-4-5-10-28-20(29)18-6-2-3-7-19(18)21(28)30;/h2-3,6-8,15H,4-5,9-14,16H2,1H3,(H,23,24);1H. The van der Waals surface area contributed by atoms with Crippen molar-refractivity contribution in [3.8, 4) is 0 Å². The van der Waals surface area contributed by atoms with Crippen molar-refractivity contribution in [2.24, 2.45) is 4.99 Å². The number of aliphatic imine (C=N–C) groups is 1. The van der Waals surface area contributed by atoms with Gasteiger partial charge in [-0.1, -0.05) is 17.3 Å². The number of carbonyl (C=O) groups is 2. The van der Waals surface area contributed by atoms with E-state index in [-0.39, 0.29) is 35.8 Å². The summed E-state index contributed by atoms with van der Waals surface area (Å²) in [5.41, 5.74) is 1.97. The molecular weight excluding hydrogens is 523 g/mol. The van der Waals surface area contributed by atoms with Crippen LogP contribution < -0.4 is 5.32 Å². The molecule has 1 aromatic heterocycles. The maximum atomic E-state index is 12.4. The number of hydrogen-bond donors (Lipinski definition) is 1. The Morgan fingerprint density at radius 3 is 2.34 bits per heavy atom. The number of nitrogens with zero attached hydrogens (tertiary/aromatic N) is 5. The number of rotatable bonds is 7. The molecule has 2 aromatic rings.